The maximum Gasteiger partial charge on any atom is 0.409 e. The molecule has 0 radical (unpaired) electrons. The summed E-state index contributed by atoms with van der Waals surface area (Å²) in [7, 11) is 0. The van der Waals surface area contributed by atoms with Crippen LogP contribution < -0.4 is 16.6 Å². The van der Waals surface area contributed by atoms with Crippen molar-refractivity contribution in [1.29, 1.82) is 0 Å². The molecule has 0 atom stereocenters. The third-order valence-corrected chi connectivity index (χ3v) is 3.84. The SMILES string of the molecule is NCc1cccc(-c2ccc(=O)n(Cc3cccc(NC(=O)O)c3)n2)c1. The van der Waals surface area contributed by atoms with E-state index in [0.717, 1.165) is 16.7 Å². The molecule has 0 aliphatic heterocycles. The Balaban J connectivity index is 1.91. The summed E-state index contributed by atoms with van der Waals surface area (Å²) in [6, 6.07) is 17.7. The van der Waals surface area contributed by atoms with Crippen LogP contribution in [0, 0.1) is 0 Å². The van der Waals surface area contributed by atoms with E-state index >= 15 is 0 Å². The lowest BCUT2D eigenvalue weighted by Gasteiger charge is -2.09. The summed E-state index contributed by atoms with van der Waals surface area (Å²) in [4.78, 5) is 22.9. The highest BCUT2D eigenvalue weighted by atomic mass is 16.4. The van der Waals surface area contributed by atoms with Crippen molar-refractivity contribution < 1.29 is 9.90 Å². The maximum absolute atomic E-state index is 12.2. The number of anilines is 1. The number of nitrogens with one attached hydrogen (secondary N) is 1. The summed E-state index contributed by atoms with van der Waals surface area (Å²) in [5.41, 5.74) is 9.17. The fourth-order valence-corrected chi connectivity index (χ4v) is 2.62. The molecule has 0 spiro atoms. The average molecular weight is 350 g/mol. The number of hydrogen-bond donors (Lipinski definition) is 3. The second-order valence-corrected chi connectivity index (χ2v) is 5.75. The summed E-state index contributed by atoms with van der Waals surface area (Å²) in [5.74, 6) is 0. The molecule has 7 nitrogen and oxygen atoms in total. The second kappa shape index (κ2) is 7.62. The van der Waals surface area contributed by atoms with Crippen molar-refractivity contribution in [1.82, 2.24) is 9.78 Å². The number of hydrogen-bond acceptors (Lipinski definition) is 4. The van der Waals surface area contributed by atoms with Crippen LogP contribution in [0.2, 0.25) is 0 Å². The molecule has 0 bridgehead atoms. The highest BCUT2D eigenvalue weighted by Crippen LogP contribution is 2.17. The average Bonchev–Trinajstić information content (AvgIpc) is 2.63. The van der Waals surface area contributed by atoms with E-state index in [1.165, 1.54) is 10.7 Å². The molecule has 4 N–H and O–H groups in total. The van der Waals surface area contributed by atoms with Gasteiger partial charge in [0, 0.05) is 23.9 Å². The Labute approximate surface area is 149 Å². The molecule has 0 aliphatic rings. The molecule has 3 aromatic rings. The van der Waals surface area contributed by atoms with E-state index in [4.69, 9.17) is 10.8 Å². The minimum Gasteiger partial charge on any atom is -0.465 e. The van der Waals surface area contributed by atoms with Gasteiger partial charge >= 0.3 is 6.09 Å². The molecule has 0 saturated heterocycles. The van der Waals surface area contributed by atoms with Crippen molar-refractivity contribution in [2.75, 3.05) is 5.32 Å². The highest BCUT2D eigenvalue weighted by Gasteiger charge is 2.06. The van der Waals surface area contributed by atoms with Crippen LogP contribution >= 0.6 is 0 Å². The number of nitrogens with two attached hydrogens (primary N) is 1. The van der Waals surface area contributed by atoms with E-state index in [9.17, 15) is 9.59 Å². The topological polar surface area (TPSA) is 110 Å². The Kier molecular flexibility index (Phi) is 5.09. The largest absolute Gasteiger partial charge is 0.465 e. The molecule has 3 rings (SSSR count). The van der Waals surface area contributed by atoms with Gasteiger partial charge in [-0.3, -0.25) is 10.1 Å². The first-order valence-electron chi connectivity index (χ1n) is 8.01. The lowest BCUT2D eigenvalue weighted by atomic mass is 10.1. The molecule has 7 heteroatoms. The molecule has 0 aliphatic carbocycles. The van der Waals surface area contributed by atoms with Crippen LogP contribution in [-0.2, 0) is 13.1 Å². The minimum atomic E-state index is -1.14. The first kappa shape index (κ1) is 17.4. The second-order valence-electron chi connectivity index (χ2n) is 5.75. The number of nitrogens with zero attached hydrogens (tertiary/aromatic N) is 2. The lowest BCUT2D eigenvalue weighted by molar-refractivity contribution is 0.210. The number of aromatic nitrogens is 2. The summed E-state index contributed by atoms with van der Waals surface area (Å²) >= 11 is 0. The smallest absolute Gasteiger partial charge is 0.409 e. The zero-order chi connectivity index (χ0) is 18.5. The molecule has 0 unspecified atom stereocenters. The van der Waals surface area contributed by atoms with Gasteiger partial charge < -0.3 is 10.8 Å². The number of benzene rings is 2. The van der Waals surface area contributed by atoms with Gasteiger partial charge in [-0.2, -0.15) is 5.10 Å². The first-order chi connectivity index (χ1) is 12.5. The van der Waals surface area contributed by atoms with Gasteiger partial charge in [-0.05, 0) is 35.4 Å². The van der Waals surface area contributed by atoms with Crippen molar-refractivity contribution in [3.8, 4) is 11.3 Å². The lowest BCUT2D eigenvalue weighted by Crippen LogP contribution is -2.23. The number of rotatable bonds is 5. The summed E-state index contributed by atoms with van der Waals surface area (Å²) in [6.45, 7) is 0.662. The van der Waals surface area contributed by atoms with Crippen molar-refractivity contribution in [3.63, 3.8) is 0 Å². The molecule has 0 saturated carbocycles. The third kappa shape index (κ3) is 4.14. The van der Waals surface area contributed by atoms with Crippen LogP contribution in [0.15, 0.2) is 65.5 Å². The van der Waals surface area contributed by atoms with Crippen molar-refractivity contribution >= 4 is 11.8 Å². The van der Waals surface area contributed by atoms with Crippen LogP contribution in [0.25, 0.3) is 11.3 Å². The molecule has 132 valence electrons. The normalized spacial score (nSPS) is 10.5. The predicted molar refractivity (Wildman–Crippen MR) is 99.0 cm³/mol. The van der Waals surface area contributed by atoms with Crippen molar-refractivity contribution in [2.45, 2.75) is 13.1 Å². The van der Waals surface area contributed by atoms with Gasteiger partial charge in [0.15, 0.2) is 0 Å². The van der Waals surface area contributed by atoms with Gasteiger partial charge in [-0.1, -0.05) is 30.3 Å². The Morgan fingerprint density at radius 3 is 2.62 bits per heavy atom. The quantitative estimate of drug-likeness (QED) is 0.655. The van der Waals surface area contributed by atoms with Crippen LogP contribution in [-0.4, -0.2) is 21.0 Å². The predicted octanol–water partition coefficient (Wildman–Crippen LogP) is 2.51. The highest BCUT2D eigenvalue weighted by molar-refractivity contribution is 5.82. The van der Waals surface area contributed by atoms with E-state index in [2.05, 4.69) is 10.4 Å². The van der Waals surface area contributed by atoms with Gasteiger partial charge in [0.1, 0.15) is 0 Å². The summed E-state index contributed by atoms with van der Waals surface area (Å²) in [5, 5.41) is 15.5. The van der Waals surface area contributed by atoms with Gasteiger partial charge in [-0.15, -0.1) is 0 Å². The zero-order valence-corrected chi connectivity index (χ0v) is 13.9. The number of carboxylic acid groups (broad SMARTS) is 1. The molecule has 1 aromatic heterocycles. The van der Waals surface area contributed by atoms with E-state index in [1.807, 2.05) is 30.3 Å². The van der Waals surface area contributed by atoms with Gasteiger partial charge in [0.05, 0.1) is 12.2 Å². The van der Waals surface area contributed by atoms with Crippen LogP contribution in [0.1, 0.15) is 11.1 Å². The Morgan fingerprint density at radius 1 is 1.08 bits per heavy atom. The van der Waals surface area contributed by atoms with Crippen molar-refractivity contribution in [2.24, 2.45) is 5.73 Å². The molecule has 0 fully saturated rings. The van der Waals surface area contributed by atoms with Gasteiger partial charge in [-0.25, -0.2) is 9.48 Å². The molecule has 26 heavy (non-hydrogen) atoms. The van der Waals surface area contributed by atoms with Gasteiger partial charge in [0.2, 0.25) is 0 Å². The Hall–Kier alpha value is -3.45. The van der Waals surface area contributed by atoms with E-state index < -0.39 is 6.09 Å². The van der Waals surface area contributed by atoms with E-state index in [-0.39, 0.29) is 12.1 Å². The van der Waals surface area contributed by atoms with E-state index in [0.29, 0.717) is 17.9 Å². The Morgan fingerprint density at radius 2 is 1.85 bits per heavy atom. The molecule has 1 amide bonds. The van der Waals surface area contributed by atoms with Crippen LogP contribution in [0.3, 0.4) is 0 Å². The molecule has 1 heterocycles. The third-order valence-electron chi connectivity index (χ3n) is 3.84. The summed E-state index contributed by atoms with van der Waals surface area (Å²) < 4.78 is 1.35. The standard InChI is InChI=1S/C19H18N4O3/c20-11-13-3-1-5-15(9-13)17-7-8-18(24)23(22-17)12-14-4-2-6-16(10-14)21-19(25)26/h1-10,21H,11-12,20H2,(H,25,26). The van der Waals surface area contributed by atoms with Crippen molar-refractivity contribution in [3.05, 3.63) is 82.1 Å². The number of carbonyl (C=O) groups is 1. The minimum absolute atomic E-state index is 0.235. The summed E-state index contributed by atoms with van der Waals surface area (Å²) in [6.07, 6.45) is -1.14. The number of amides is 1. The molecular weight excluding hydrogens is 332 g/mol. The van der Waals surface area contributed by atoms with Crippen LogP contribution in [0.4, 0.5) is 10.5 Å². The zero-order valence-electron chi connectivity index (χ0n) is 13.9. The monoisotopic (exact) mass is 350 g/mol. The fourth-order valence-electron chi connectivity index (χ4n) is 2.62. The molecule has 2 aromatic carbocycles. The van der Waals surface area contributed by atoms with Gasteiger partial charge in [0.25, 0.3) is 5.56 Å². The fraction of sp³-hybridized carbons (Fsp3) is 0.105. The Bertz CT molecular complexity index is 998. The molecular formula is C19H18N4O3. The first-order valence-corrected chi connectivity index (χ1v) is 8.01. The van der Waals surface area contributed by atoms with Crippen LogP contribution in [0.5, 0.6) is 0 Å². The maximum atomic E-state index is 12.2. The van der Waals surface area contributed by atoms with E-state index in [1.54, 1.807) is 24.3 Å².